The molecule has 0 N–H and O–H groups in total. The Morgan fingerprint density at radius 3 is 2.56 bits per heavy atom. The summed E-state index contributed by atoms with van der Waals surface area (Å²) in [5, 5.41) is -0.0119. The maximum atomic E-state index is 13.3. The molecule has 3 rings (SSSR count). The Morgan fingerprint density at radius 2 is 1.92 bits per heavy atom. The molecule has 7 heteroatoms. The SMILES string of the molecule is COC(=O)c1ccc(CN2CCN(c3ccc(F)c(Cl)c3)C2=O)cc1. The van der Waals surface area contributed by atoms with Crippen LogP contribution in [0.15, 0.2) is 42.5 Å². The van der Waals surface area contributed by atoms with Gasteiger partial charge in [-0.2, -0.15) is 0 Å². The van der Waals surface area contributed by atoms with E-state index in [9.17, 15) is 14.0 Å². The van der Waals surface area contributed by atoms with Crippen molar-refractivity contribution in [2.24, 2.45) is 0 Å². The summed E-state index contributed by atoms with van der Waals surface area (Å²) < 4.78 is 17.9. The van der Waals surface area contributed by atoms with Gasteiger partial charge >= 0.3 is 12.0 Å². The first-order chi connectivity index (χ1) is 12.0. The molecule has 0 aromatic heterocycles. The van der Waals surface area contributed by atoms with Crippen molar-refractivity contribution in [3.63, 3.8) is 0 Å². The van der Waals surface area contributed by atoms with Crippen LogP contribution in [0.3, 0.4) is 0 Å². The lowest BCUT2D eigenvalue weighted by Gasteiger charge is -2.19. The standard InChI is InChI=1S/C18H16ClFN2O3/c1-25-17(23)13-4-2-12(3-5-13)11-21-8-9-22(18(21)24)14-6-7-16(20)15(19)10-14/h2-7,10H,8-9,11H2,1H3. The fraction of sp³-hybridized carbons (Fsp3) is 0.222. The van der Waals surface area contributed by atoms with Crippen LogP contribution in [0.4, 0.5) is 14.9 Å². The minimum atomic E-state index is -0.514. The van der Waals surface area contributed by atoms with E-state index >= 15 is 0 Å². The summed E-state index contributed by atoms with van der Waals surface area (Å²) in [4.78, 5) is 27.3. The zero-order chi connectivity index (χ0) is 18.0. The van der Waals surface area contributed by atoms with Gasteiger partial charge in [0.25, 0.3) is 0 Å². The van der Waals surface area contributed by atoms with E-state index in [1.54, 1.807) is 34.1 Å². The highest BCUT2D eigenvalue weighted by Crippen LogP contribution is 2.26. The summed E-state index contributed by atoms with van der Waals surface area (Å²) in [6, 6.07) is 11.0. The minimum absolute atomic E-state index is 0.0119. The average molecular weight is 363 g/mol. The molecule has 2 aromatic carbocycles. The number of urea groups is 1. The van der Waals surface area contributed by atoms with Gasteiger partial charge in [-0.25, -0.2) is 14.0 Å². The molecule has 2 amide bonds. The first-order valence-corrected chi connectivity index (χ1v) is 8.06. The molecule has 1 fully saturated rings. The maximum Gasteiger partial charge on any atom is 0.337 e. The molecule has 25 heavy (non-hydrogen) atoms. The molecular weight excluding hydrogens is 347 g/mol. The number of halogens is 2. The summed E-state index contributed by atoms with van der Waals surface area (Å²) in [6.45, 7) is 1.47. The van der Waals surface area contributed by atoms with Crippen molar-refractivity contribution in [3.8, 4) is 0 Å². The lowest BCUT2D eigenvalue weighted by atomic mass is 10.1. The van der Waals surface area contributed by atoms with Gasteiger partial charge in [0.15, 0.2) is 0 Å². The number of carbonyl (C=O) groups excluding carboxylic acids is 2. The van der Waals surface area contributed by atoms with Gasteiger partial charge in [-0.1, -0.05) is 23.7 Å². The van der Waals surface area contributed by atoms with E-state index in [4.69, 9.17) is 11.6 Å². The van der Waals surface area contributed by atoms with Crippen molar-refractivity contribution in [1.82, 2.24) is 4.90 Å². The van der Waals surface area contributed by atoms with Crippen molar-refractivity contribution < 1.29 is 18.7 Å². The third-order valence-electron chi connectivity index (χ3n) is 4.06. The molecular formula is C18H16ClFN2O3. The number of amides is 2. The van der Waals surface area contributed by atoms with Crippen LogP contribution in [0, 0.1) is 5.82 Å². The van der Waals surface area contributed by atoms with Gasteiger partial charge in [-0.3, -0.25) is 4.90 Å². The molecule has 130 valence electrons. The fourth-order valence-corrected chi connectivity index (χ4v) is 2.88. The average Bonchev–Trinajstić information content (AvgIpc) is 2.98. The quantitative estimate of drug-likeness (QED) is 0.779. The van der Waals surface area contributed by atoms with Crippen LogP contribution < -0.4 is 4.90 Å². The number of hydrogen-bond acceptors (Lipinski definition) is 3. The van der Waals surface area contributed by atoms with Gasteiger partial charge in [-0.15, -0.1) is 0 Å². The predicted molar refractivity (Wildman–Crippen MR) is 92.3 cm³/mol. The van der Waals surface area contributed by atoms with Gasteiger partial charge in [0.1, 0.15) is 5.82 Å². The molecule has 0 radical (unpaired) electrons. The number of esters is 1. The topological polar surface area (TPSA) is 49.9 Å². The molecule has 0 atom stereocenters. The van der Waals surface area contributed by atoms with Crippen molar-refractivity contribution in [2.45, 2.75) is 6.54 Å². The number of nitrogens with zero attached hydrogens (tertiary/aromatic N) is 2. The number of anilines is 1. The number of ether oxygens (including phenoxy) is 1. The first kappa shape index (κ1) is 17.2. The van der Waals surface area contributed by atoms with Crippen LogP contribution in [0.25, 0.3) is 0 Å². The Balaban J connectivity index is 1.69. The van der Waals surface area contributed by atoms with E-state index in [0.29, 0.717) is 30.9 Å². The normalized spacial score (nSPS) is 14.1. The largest absolute Gasteiger partial charge is 0.465 e. The summed E-state index contributed by atoms with van der Waals surface area (Å²) in [5.74, 6) is -0.914. The summed E-state index contributed by atoms with van der Waals surface area (Å²) in [6.07, 6.45) is 0. The van der Waals surface area contributed by atoms with Crippen LogP contribution in [-0.2, 0) is 11.3 Å². The third kappa shape index (κ3) is 3.58. The summed E-state index contributed by atoms with van der Waals surface area (Å²) in [5.41, 5.74) is 1.93. The molecule has 0 aliphatic carbocycles. The van der Waals surface area contributed by atoms with Gasteiger partial charge in [0, 0.05) is 25.3 Å². The molecule has 0 spiro atoms. The Labute approximate surface area is 149 Å². The minimum Gasteiger partial charge on any atom is -0.465 e. The van der Waals surface area contributed by atoms with Gasteiger partial charge < -0.3 is 9.64 Å². The highest BCUT2D eigenvalue weighted by atomic mass is 35.5. The molecule has 1 heterocycles. The third-order valence-corrected chi connectivity index (χ3v) is 4.35. The number of methoxy groups -OCH3 is 1. The fourth-order valence-electron chi connectivity index (χ4n) is 2.71. The number of carbonyl (C=O) groups is 2. The van der Waals surface area contributed by atoms with Crippen LogP contribution in [0.2, 0.25) is 5.02 Å². The molecule has 2 aromatic rings. The summed E-state index contributed by atoms with van der Waals surface area (Å²) >= 11 is 5.79. The Bertz CT molecular complexity index is 810. The highest BCUT2D eigenvalue weighted by Gasteiger charge is 2.29. The highest BCUT2D eigenvalue weighted by molar-refractivity contribution is 6.31. The second kappa shape index (κ2) is 7.11. The van der Waals surface area contributed by atoms with Crippen molar-refractivity contribution >= 4 is 29.3 Å². The van der Waals surface area contributed by atoms with Crippen molar-refractivity contribution in [3.05, 3.63) is 64.4 Å². The van der Waals surface area contributed by atoms with Gasteiger partial charge in [-0.05, 0) is 35.9 Å². The Morgan fingerprint density at radius 1 is 1.20 bits per heavy atom. The zero-order valence-corrected chi connectivity index (χ0v) is 14.3. The second-order valence-electron chi connectivity index (χ2n) is 5.64. The van der Waals surface area contributed by atoms with Crippen LogP contribution in [0.1, 0.15) is 15.9 Å². The van der Waals surface area contributed by atoms with E-state index in [-0.39, 0.29) is 11.1 Å². The van der Waals surface area contributed by atoms with Gasteiger partial charge in [0.05, 0.1) is 17.7 Å². The summed E-state index contributed by atoms with van der Waals surface area (Å²) in [7, 11) is 1.33. The van der Waals surface area contributed by atoms with Crippen molar-refractivity contribution in [2.75, 3.05) is 25.1 Å². The molecule has 0 bridgehead atoms. The second-order valence-corrected chi connectivity index (χ2v) is 6.05. The molecule has 1 aliphatic heterocycles. The van der Waals surface area contributed by atoms with E-state index in [2.05, 4.69) is 4.74 Å². The maximum absolute atomic E-state index is 13.3. The smallest absolute Gasteiger partial charge is 0.337 e. The van der Waals surface area contributed by atoms with Crippen LogP contribution in [0.5, 0.6) is 0 Å². The predicted octanol–water partition coefficient (Wildman–Crippen LogP) is 3.71. The molecule has 5 nitrogen and oxygen atoms in total. The van der Waals surface area contributed by atoms with E-state index < -0.39 is 11.8 Å². The van der Waals surface area contributed by atoms with Crippen molar-refractivity contribution in [1.29, 1.82) is 0 Å². The van der Waals surface area contributed by atoms with Gasteiger partial charge in [0.2, 0.25) is 0 Å². The Kier molecular flexibility index (Phi) is 4.90. The van der Waals surface area contributed by atoms with E-state index in [0.717, 1.165) is 5.56 Å². The number of rotatable bonds is 4. The lowest BCUT2D eigenvalue weighted by molar-refractivity contribution is 0.0600. The molecule has 1 saturated heterocycles. The molecule has 0 saturated carbocycles. The van der Waals surface area contributed by atoms with Crippen LogP contribution in [-0.4, -0.2) is 37.1 Å². The number of hydrogen-bond donors (Lipinski definition) is 0. The first-order valence-electron chi connectivity index (χ1n) is 7.68. The lowest BCUT2D eigenvalue weighted by Crippen LogP contribution is -2.31. The zero-order valence-electron chi connectivity index (χ0n) is 13.5. The molecule has 1 aliphatic rings. The van der Waals surface area contributed by atoms with Crippen LogP contribution >= 0.6 is 11.6 Å². The monoisotopic (exact) mass is 362 g/mol. The number of benzene rings is 2. The van der Waals surface area contributed by atoms with E-state index in [1.807, 2.05) is 0 Å². The Hall–Kier alpha value is -2.60. The van der Waals surface area contributed by atoms with E-state index in [1.165, 1.54) is 25.3 Å². The molecule has 0 unspecified atom stereocenters.